The Bertz CT molecular complexity index is 239. The van der Waals surface area contributed by atoms with Crippen LogP contribution in [0.2, 0.25) is 0 Å². The Morgan fingerprint density at radius 3 is 2.60 bits per heavy atom. The highest BCUT2D eigenvalue weighted by atomic mass is 35.5. The van der Waals surface area contributed by atoms with E-state index in [1.54, 1.807) is 7.11 Å². The lowest BCUT2D eigenvalue weighted by Gasteiger charge is -2.02. The van der Waals surface area contributed by atoms with Crippen molar-refractivity contribution in [2.45, 2.75) is 33.1 Å². The Morgan fingerprint density at radius 2 is 2.00 bits per heavy atom. The predicted molar refractivity (Wildman–Crippen MR) is 68.2 cm³/mol. The van der Waals surface area contributed by atoms with Crippen molar-refractivity contribution in [2.24, 2.45) is 0 Å². The van der Waals surface area contributed by atoms with E-state index in [2.05, 4.69) is 6.92 Å². The smallest absolute Gasteiger partial charge is 0.0462 e. The molecule has 0 bridgehead atoms. The summed E-state index contributed by atoms with van der Waals surface area (Å²) in [6.07, 6.45) is 11.1. The molecule has 0 spiro atoms. The molecule has 0 saturated heterocycles. The van der Waals surface area contributed by atoms with Crippen LogP contribution in [0.25, 0.3) is 0 Å². The van der Waals surface area contributed by atoms with E-state index in [1.165, 1.54) is 5.57 Å². The van der Waals surface area contributed by atoms with Crippen LogP contribution < -0.4 is 0 Å². The molecule has 15 heavy (non-hydrogen) atoms. The maximum absolute atomic E-state index is 6.11. The van der Waals surface area contributed by atoms with Crippen LogP contribution >= 0.6 is 11.6 Å². The van der Waals surface area contributed by atoms with Gasteiger partial charge < -0.3 is 4.74 Å². The number of hydrogen-bond acceptors (Lipinski definition) is 1. The van der Waals surface area contributed by atoms with Gasteiger partial charge in [-0.05, 0) is 39.2 Å². The normalized spacial score (nSPS) is 13.9. The first-order chi connectivity index (χ1) is 7.22. The van der Waals surface area contributed by atoms with Gasteiger partial charge in [-0.2, -0.15) is 0 Å². The van der Waals surface area contributed by atoms with Crippen LogP contribution in [0.1, 0.15) is 33.1 Å². The Hall–Kier alpha value is -0.530. The Morgan fingerprint density at radius 1 is 1.27 bits per heavy atom. The van der Waals surface area contributed by atoms with E-state index in [9.17, 15) is 0 Å². The zero-order chi connectivity index (χ0) is 11.5. The topological polar surface area (TPSA) is 9.23 Å². The van der Waals surface area contributed by atoms with Crippen molar-refractivity contribution in [3.05, 3.63) is 34.9 Å². The highest BCUT2D eigenvalue weighted by Gasteiger charge is 1.96. The molecule has 0 aliphatic heterocycles. The number of hydrogen-bond donors (Lipinski definition) is 0. The molecule has 0 fully saturated rings. The van der Waals surface area contributed by atoms with Crippen molar-refractivity contribution in [1.82, 2.24) is 0 Å². The molecule has 2 heteroatoms. The minimum absolute atomic E-state index is 0.833. The molecule has 86 valence electrons. The van der Waals surface area contributed by atoms with Crippen LogP contribution in [0.3, 0.4) is 0 Å². The monoisotopic (exact) mass is 228 g/mol. The van der Waals surface area contributed by atoms with E-state index in [4.69, 9.17) is 16.3 Å². The van der Waals surface area contributed by atoms with E-state index < -0.39 is 0 Å². The Kier molecular flexibility index (Phi) is 9.65. The molecular weight excluding hydrogens is 208 g/mol. The average molecular weight is 229 g/mol. The van der Waals surface area contributed by atoms with Crippen molar-refractivity contribution in [3.8, 4) is 0 Å². The first-order valence-corrected chi connectivity index (χ1v) is 5.73. The Balaban J connectivity index is 3.92. The largest absolute Gasteiger partial charge is 0.385 e. The molecule has 0 heterocycles. The molecule has 0 radical (unpaired) electrons. The first-order valence-electron chi connectivity index (χ1n) is 5.36. The van der Waals surface area contributed by atoms with Gasteiger partial charge in [-0.15, -0.1) is 0 Å². The van der Waals surface area contributed by atoms with Crippen molar-refractivity contribution in [2.75, 3.05) is 13.7 Å². The fraction of sp³-hybridized carbons (Fsp3) is 0.538. The number of halogens is 1. The maximum Gasteiger partial charge on any atom is 0.0462 e. The molecule has 0 aliphatic rings. The van der Waals surface area contributed by atoms with Crippen molar-refractivity contribution in [1.29, 1.82) is 0 Å². The molecule has 0 N–H and O–H groups in total. The van der Waals surface area contributed by atoms with Gasteiger partial charge in [0.15, 0.2) is 0 Å². The summed E-state index contributed by atoms with van der Waals surface area (Å²) < 4.78 is 4.99. The lowest BCUT2D eigenvalue weighted by molar-refractivity contribution is 0.193. The van der Waals surface area contributed by atoms with E-state index in [1.807, 2.05) is 31.2 Å². The van der Waals surface area contributed by atoms with Gasteiger partial charge in [0.2, 0.25) is 0 Å². The van der Waals surface area contributed by atoms with Gasteiger partial charge in [-0.1, -0.05) is 35.4 Å². The summed E-state index contributed by atoms with van der Waals surface area (Å²) in [4.78, 5) is 0. The number of unbranched alkanes of at least 4 members (excludes halogenated alkanes) is 1. The zero-order valence-electron chi connectivity index (χ0n) is 9.92. The minimum atomic E-state index is 0.833. The molecule has 0 saturated carbocycles. The lowest BCUT2D eigenvalue weighted by Crippen LogP contribution is -1.89. The second-order valence-electron chi connectivity index (χ2n) is 3.46. The van der Waals surface area contributed by atoms with Gasteiger partial charge in [0.05, 0.1) is 0 Å². The van der Waals surface area contributed by atoms with Crippen LogP contribution in [0.4, 0.5) is 0 Å². The van der Waals surface area contributed by atoms with Gasteiger partial charge in [0, 0.05) is 18.7 Å². The molecule has 0 amide bonds. The molecule has 0 aliphatic carbocycles. The predicted octanol–water partition coefficient (Wildman–Crippen LogP) is 4.45. The molecule has 1 nitrogen and oxygen atoms in total. The number of allylic oxidation sites excluding steroid dienone is 6. The van der Waals surface area contributed by atoms with Crippen LogP contribution in [0, 0.1) is 0 Å². The van der Waals surface area contributed by atoms with Crippen molar-refractivity contribution in [3.63, 3.8) is 0 Å². The molecule has 0 aromatic carbocycles. The molecule has 0 unspecified atom stereocenters. The number of methoxy groups -OCH3 is 1. The second kappa shape index (κ2) is 10.0. The van der Waals surface area contributed by atoms with E-state index in [-0.39, 0.29) is 0 Å². The van der Waals surface area contributed by atoms with E-state index in [0.29, 0.717) is 0 Å². The maximum atomic E-state index is 6.11. The quantitative estimate of drug-likeness (QED) is 0.462. The van der Waals surface area contributed by atoms with Gasteiger partial charge in [0.1, 0.15) is 0 Å². The summed E-state index contributed by atoms with van der Waals surface area (Å²) >= 11 is 6.11. The van der Waals surface area contributed by atoms with Crippen LogP contribution in [-0.4, -0.2) is 13.7 Å². The van der Waals surface area contributed by atoms with Crippen LogP contribution in [-0.2, 0) is 4.74 Å². The summed E-state index contributed by atoms with van der Waals surface area (Å²) in [6, 6.07) is 0. The van der Waals surface area contributed by atoms with Gasteiger partial charge in [-0.3, -0.25) is 0 Å². The van der Waals surface area contributed by atoms with Gasteiger partial charge in [-0.25, -0.2) is 0 Å². The van der Waals surface area contributed by atoms with Crippen molar-refractivity contribution >= 4 is 11.6 Å². The lowest BCUT2D eigenvalue weighted by atomic mass is 10.1. The average Bonchev–Trinajstić information content (AvgIpc) is 2.24. The number of ether oxygens (including phenoxy) is 1. The SMILES string of the molecule is C\C=C/C=C\C(Cl)=C(/C)CCCCOC. The summed E-state index contributed by atoms with van der Waals surface area (Å²) in [5.74, 6) is 0. The number of rotatable bonds is 7. The van der Waals surface area contributed by atoms with Crippen LogP contribution in [0.5, 0.6) is 0 Å². The highest BCUT2D eigenvalue weighted by molar-refractivity contribution is 6.31. The first kappa shape index (κ1) is 14.5. The van der Waals surface area contributed by atoms with Gasteiger partial charge in [0.25, 0.3) is 0 Å². The summed E-state index contributed by atoms with van der Waals surface area (Å²) in [6.45, 7) is 4.90. The van der Waals surface area contributed by atoms with E-state index in [0.717, 1.165) is 30.9 Å². The third-order valence-corrected chi connectivity index (χ3v) is 2.55. The van der Waals surface area contributed by atoms with E-state index >= 15 is 0 Å². The minimum Gasteiger partial charge on any atom is -0.385 e. The third-order valence-electron chi connectivity index (χ3n) is 2.10. The third kappa shape index (κ3) is 8.46. The second-order valence-corrected chi connectivity index (χ2v) is 3.87. The standard InChI is InChI=1S/C13H21ClO/c1-4-5-6-10-13(14)12(2)9-7-8-11-15-3/h4-6,10H,7-9,11H2,1-3H3/b5-4-,10-6-,13-12-. The highest BCUT2D eigenvalue weighted by Crippen LogP contribution is 2.16. The summed E-state index contributed by atoms with van der Waals surface area (Å²) in [5, 5.41) is 0.852. The molecule has 0 aromatic rings. The van der Waals surface area contributed by atoms with Crippen LogP contribution in [0.15, 0.2) is 34.9 Å². The molecule has 0 atom stereocenters. The Labute approximate surface area is 98.5 Å². The van der Waals surface area contributed by atoms with Gasteiger partial charge >= 0.3 is 0 Å². The molecule has 0 rings (SSSR count). The summed E-state index contributed by atoms with van der Waals surface area (Å²) in [5.41, 5.74) is 1.24. The molecular formula is C13H21ClO. The van der Waals surface area contributed by atoms with Crippen molar-refractivity contribution < 1.29 is 4.74 Å². The zero-order valence-corrected chi connectivity index (χ0v) is 10.7. The summed E-state index contributed by atoms with van der Waals surface area (Å²) in [7, 11) is 1.73. The molecule has 0 aromatic heterocycles. The fourth-order valence-electron chi connectivity index (χ4n) is 1.15. The fourth-order valence-corrected chi connectivity index (χ4v) is 1.32.